The zero-order valence-electron chi connectivity index (χ0n) is 43.7. The molecule has 0 rings (SSSR count). The Balaban J connectivity index is 3.38. The third kappa shape index (κ3) is 51.6. The second-order valence-electron chi connectivity index (χ2n) is 20.0. The van der Waals surface area contributed by atoms with Crippen molar-refractivity contribution >= 4 is 11.9 Å². The van der Waals surface area contributed by atoms with E-state index in [-0.39, 0.29) is 18.5 Å². The molecule has 0 saturated heterocycles. The average Bonchev–Trinajstić information content (AvgIpc) is 3.31. The van der Waals surface area contributed by atoms with Crippen LogP contribution in [-0.4, -0.2) is 47.4 Å². The molecule has 2 atom stereocenters. The summed E-state index contributed by atoms with van der Waals surface area (Å²) in [7, 11) is 0. The standard InChI is InChI=1S/C59H113NO5/c1-3-5-7-9-11-13-15-17-29-33-37-41-45-49-53-59(64)65-54-50-46-42-38-34-30-27-25-23-21-19-18-20-22-24-26-28-32-36-40-44-48-52-58(63)60-56(55-61)57(62)51-47-43-39-35-31-16-14-12-10-8-6-4-2/h15,17,47,51,56-57,61-62H,3-14,16,18-46,48-50,52-55H2,1-2H3,(H,60,63)/b17-15-,51-47+. The third-order valence-electron chi connectivity index (χ3n) is 13.5. The van der Waals surface area contributed by atoms with Crippen LogP contribution in [0.15, 0.2) is 24.3 Å². The number of carbonyl (C=O) groups is 2. The highest BCUT2D eigenvalue weighted by Crippen LogP contribution is 2.17. The fourth-order valence-electron chi connectivity index (χ4n) is 8.98. The second-order valence-corrected chi connectivity index (χ2v) is 20.0. The van der Waals surface area contributed by atoms with Gasteiger partial charge in [0.2, 0.25) is 5.91 Å². The zero-order chi connectivity index (χ0) is 47.2. The van der Waals surface area contributed by atoms with E-state index in [4.69, 9.17) is 4.74 Å². The van der Waals surface area contributed by atoms with Crippen LogP contribution >= 0.6 is 0 Å². The van der Waals surface area contributed by atoms with Crippen LogP contribution in [0.4, 0.5) is 0 Å². The summed E-state index contributed by atoms with van der Waals surface area (Å²) in [6.07, 6.45) is 66.3. The fraction of sp³-hybridized carbons (Fsp3) is 0.898. The monoisotopic (exact) mass is 916 g/mol. The molecular formula is C59H113NO5. The highest BCUT2D eigenvalue weighted by atomic mass is 16.5. The molecule has 0 aliphatic rings. The van der Waals surface area contributed by atoms with Gasteiger partial charge in [-0.15, -0.1) is 0 Å². The Morgan fingerprint density at radius 2 is 0.723 bits per heavy atom. The Bertz CT molecular complexity index is 1010. The van der Waals surface area contributed by atoms with E-state index in [1.807, 2.05) is 6.08 Å². The van der Waals surface area contributed by atoms with Crippen LogP contribution in [0.5, 0.6) is 0 Å². The Kier molecular flexibility index (Phi) is 53.5. The van der Waals surface area contributed by atoms with Crippen molar-refractivity contribution in [3.63, 3.8) is 0 Å². The molecule has 0 spiro atoms. The van der Waals surface area contributed by atoms with Gasteiger partial charge in [-0.25, -0.2) is 0 Å². The molecule has 0 aromatic rings. The quantitative estimate of drug-likeness (QED) is 0.0321. The van der Waals surface area contributed by atoms with Crippen molar-refractivity contribution in [1.29, 1.82) is 0 Å². The van der Waals surface area contributed by atoms with Gasteiger partial charge in [0.25, 0.3) is 0 Å². The minimum absolute atomic E-state index is 0.00412. The first-order chi connectivity index (χ1) is 32.0. The molecule has 0 aromatic carbocycles. The number of amides is 1. The van der Waals surface area contributed by atoms with E-state index in [1.165, 1.54) is 244 Å². The minimum atomic E-state index is -0.843. The molecule has 6 nitrogen and oxygen atoms in total. The van der Waals surface area contributed by atoms with Crippen molar-refractivity contribution < 1.29 is 24.5 Å². The molecule has 0 fully saturated rings. The van der Waals surface area contributed by atoms with Gasteiger partial charge in [-0.2, -0.15) is 0 Å². The lowest BCUT2D eigenvalue weighted by atomic mass is 10.0. The van der Waals surface area contributed by atoms with E-state index >= 15 is 0 Å². The van der Waals surface area contributed by atoms with Gasteiger partial charge < -0.3 is 20.3 Å². The first kappa shape index (κ1) is 63.3. The number of aliphatic hydroxyl groups excluding tert-OH is 2. The molecule has 65 heavy (non-hydrogen) atoms. The van der Waals surface area contributed by atoms with E-state index in [1.54, 1.807) is 6.08 Å². The topological polar surface area (TPSA) is 95.9 Å². The lowest BCUT2D eigenvalue weighted by Gasteiger charge is -2.20. The van der Waals surface area contributed by atoms with E-state index in [0.717, 1.165) is 44.9 Å². The largest absolute Gasteiger partial charge is 0.466 e. The molecule has 6 heteroatoms. The molecule has 0 aliphatic heterocycles. The van der Waals surface area contributed by atoms with Gasteiger partial charge in [-0.3, -0.25) is 9.59 Å². The Hall–Kier alpha value is -1.66. The van der Waals surface area contributed by atoms with Crippen molar-refractivity contribution in [3.8, 4) is 0 Å². The smallest absolute Gasteiger partial charge is 0.305 e. The van der Waals surface area contributed by atoms with E-state index < -0.39 is 12.1 Å². The van der Waals surface area contributed by atoms with E-state index in [2.05, 4.69) is 31.3 Å². The second kappa shape index (κ2) is 54.9. The van der Waals surface area contributed by atoms with Crippen LogP contribution in [0.25, 0.3) is 0 Å². The van der Waals surface area contributed by atoms with Gasteiger partial charge in [-0.1, -0.05) is 269 Å². The van der Waals surface area contributed by atoms with Crippen molar-refractivity contribution in [2.75, 3.05) is 13.2 Å². The number of nitrogens with one attached hydrogen (secondary N) is 1. The molecule has 0 radical (unpaired) electrons. The predicted molar refractivity (Wildman–Crippen MR) is 283 cm³/mol. The number of esters is 1. The van der Waals surface area contributed by atoms with Crippen LogP contribution in [0.1, 0.15) is 316 Å². The summed E-state index contributed by atoms with van der Waals surface area (Å²) in [6, 6.07) is -0.626. The van der Waals surface area contributed by atoms with Crippen molar-refractivity contribution in [3.05, 3.63) is 24.3 Å². The van der Waals surface area contributed by atoms with Gasteiger partial charge in [0.1, 0.15) is 0 Å². The summed E-state index contributed by atoms with van der Waals surface area (Å²) in [5.74, 6) is -0.0642. The number of carbonyl (C=O) groups excluding carboxylic acids is 2. The molecule has 0 bridgehead atoms. The predicted octanol–water partition coefficient (Wildman–Crippen LogP) is 17.9. The van der Waals surface area contributed by atoms with Crippen LogP contribution in [-0.2, 0) is 14.3 Å². The van der Waals surface area contributed by atoms with E-state index in [9.17, 15) is 19.8 Å². The molecule has 2 unspecified atom stereocenters. The number of rotatable bonds is 54. The Morgan fingerprint density at radius 1 is 0.415 bits per heavy atom. The molecule has 0 saturated carbocycles. The minimum Gasteiger partial charge on any atom is -0.466 e. The molecule has 0 aliphatic carbocycles. The maximum absolute atomic E-state index is 12.4. The SMILES string of the molecule is CCCCCCC/C=C\CCCCCCCC(=O)OCCCCCCCCCCCCCCCCCCCCCCCCC(=O)NC(CO)C(O)/C=C/CCCCCCCCCCCC. The maximum Gasteiger partial charge on any atom is 0.305 e. The highest BCUT2D eigenvalue weighted by Gasteiger charge is 2.18. The average molecular weight is 917 g/mol. The highest BCUT2D eigenvalue weighted by molar-refractivity contribution is 5.76. The summed E-state index contributed by atoms with van der Waals surface area (Å²) in [5.41, 5.74) is 0. The molecule has 0 aromatic heterocycles. The lowest BCUT2D eigenvalue weighted by molar-refractivity contribution is -0.143. The van der Waals surface area contributed by atoms with Crippen molar-refractivity contribution in [1.82, 2.24) is 5.32 Å². The number of aliphatic hydroxyl groups is 2. The van der Waals surface area contributed by atoms with Gasteiger partial charge >= 0.3 is 5.97 Å². The normalized spacial score (nSPS) is 12.7. The summed E-state index contributed by atoms with van der Waals surface area (Å²) >= 11 is 0. The van der Waals surface area contributed by atoms with Crippen LogP contribution in [0.3, 0.4) is 0 Å². The molecule has 1 amide bonds. The zero-order valence-corrected chi connectivity index (χ0v) is 43.7. The van der Waals surface area contributed by atoms with Gasteiger partial charge in [0.15, 0.2) is 0 Å². The van der Waals surface area contributed by atoms with Crippen molar-refractivity contribution in [2.45, 2.75) is 328 Å². The van der Waals surface area contributed by atoms with Gasteiger partial charge in [0.05, 0.1) is 25.4 Å². The summed E-state index contributed by atoms with van der Waals surface area (Å²) in [6.45, 7) is 4.89. The first-order valence-electron chi connectivity index (χ1n) is 29.1. The number of allylic oxidation sites excluding steroid dienone is 3. The van der Waals surface area contributed by atoms with E-state index in [0.29, 0.717) is 19.4 Å². The molecule has 3 N–H and O–H groups in total. The number of hydrogen-bond acceptors (Lipinski definition) is 5. The van der Waals surface area contributed by atoms with Crippen LogP contribution < -0.4 is 5.32 Å². The Morgan fingerprint density at radius 3 is 1.09 bits per heavy atom. The van der Waals surface area contributed by atoms with Gasteiger partial charge in [0, 0.05) is 12.8 Å². The number of unbranched alkanes of at least 4 members (excludes halogenated alkanes) is 41. The molecule has 384 valence electrons. The van der Waals surface area contributed by atoms with Crippen LogP contribution in [0.2, 0.25) is 0 Å². The first-order valence-corrected chi connectivity index (χ1v) is 29.1. The molecule has 0 heterocycles. The van der Waals surface area contributed by atoms with Gasteiger partial charge in [-0.05, 0) is 57.8 Å². The summed E-state index contributed by atoms with van der Waals surface area (Å²) < 4.78 is 5.47. The summed E-state index contributed by atoms with van der Waals surface area (Å²) in [4.78, 5) is 24.5. The third-order valence-corrected chi connectivity index (χ3v) is 13.5. The lowest BCUT2D eigenvalue weighted by Crippen LogP contribution is -2.45. The number of hydrogen-bond donors (Lipinski definition) is 3. The van der Waals surface area contributed by atoms with Crippen molar-refractivity contribution in [2.24, 2.45) is 0 Å². The number of ether oxygens (including phenoxy) is 1. The summed E-state index contributed by atoms with van der Waals surface area (Å²) in [5, 5.41) is 23.0. The molecular weight excluding hydrogens is 803 g/mol. The van der Waals surface area contributed by atoms with Crippen LogP contribution in [0, 0.1) is 0 Å². The Labute approximate surface area is 405 Å². The maximum atomic E-state index is 12.4. The fourth-order valence-corrected chi connectivity index (χ4v) is 8.98.